The molecule has 0 N–H and O–H groups in total. The van der Waals surface area contributed by atoms with Crippen LogP contribution in [0.2, 0.25) is 0 Å². The molecule has 0 unspecified atom stereocenters. The molecule has 0 amide bonds. The maximum Gasteiger partial charge on any atom is 0.143 e. The fourth-order valence-electron chi connectivity index (χ4n) is 8.61. The van der Waals surface area contributed by atoms with Gasteiger partial charge in [-0.15, -0.1) is 0 Å². The van der Waals surface area contributed by atoms with E-state index in [0.717, 1.165) is 55.5 Å². The molecule has 0 saturated heterocycles. The van der Waals surface area contributed by atoms with Gasteiger partial charge in [-0.3, -0.25) is 0 Å². The van der Waals surface area contributed by atoms with Crippen molar-refractivity contribution in [2.75, 3.05) is 4.90 Å². The van der Waals surface area contributed by atoms with Crippen molar-refractivity contribution < 1.29 is 4.42 Å². The maximum atomic E-state index is 6.54. The predicted molar refractivity (Wildman–Crippen MR) is 245 cm³/mol. The standard InChI is InChI=1S/C56H37NO/c1-3-13-38(14-4-1)44-35-45(39-15-5-2-6-16-39)37-46(36-44)40-25-30-47(31-26-40)57(53-23-11-19-41-17-7-9-20-49(41)53)48-32-27-43(28-33-48)50-22-12-24-54-55(50)52-34-29-42-18-8-10-21-51(42)56(52)58-54/h1-37H. The number of benzene rings is 10. The van der Waals surface area contributed by atoms with Gasteiger partial charge in [-0.05, 0) is 116 Å². The summed E-state index contributed by atoms with van der Waals surface area (Å²) in [5, 5.41) is 6.99. The summed E-state index contributed by atoms with van der Waals surface area (Å²) in [4.78, 5) is 2.38. The molecule has 0 radical (unpaired) electrons. The predicted octanol–water partition coefficient (Wildman–Crippen LogP) is 16.0. The highest BCUT2D eigenvalue weighted by Gasteiger charge is 2.18. The Balaban J connectivity index is 1.02. The molecule has 0 atom stereocenters. The van der Waals surface area contributed by atoms with Crippen molar-refractivity contribution in [3.8, 4) is 44.5 Å². The van der Waals surface area contributed by atoms with Crippen LogP contribution in [0.5, 0.6) is 0 Å². The molecule has 2 nitrogen and oxygen atoms in total. The molecule has 0 aliphatic heterocycles. The summed E-state index contributed by atoms with van der Waals surface area (Å²) in [7, 11) is 0. The Morgan fingerprint density at radius 3 is 1.45 bits per heavy atom. The van der Waals surface area contributed by atoms with Crippen molar-refractivity contribution in [3.63, 3.8) is 0 Å². The Morgan fingerprint density at radius 1 is 0.310 bits per heavy atom. The van der Waals surface area contributed by atoms with Gasteiger partial charge in [0, 0.05) is 32.9 Å². The second kappa shape index (κ2) is 14.1. The SMILES string of the molecule is c1ccc(-c2cc(-c3ccccc3)cc(-c3ccc(N(c4ccc(-c5cccc6oc7c8ccccc8ccc7c56)cc4)c4cccc5ccccc45)cc3)c2)cc1. The first-order valence-electron chi connectivity index (χ1n) is 19.8. The number of hydrogen-bond acceptors (Lipinski definition) is 2. The minimum absolute atomic E-state index is 0.899. The van der Waals surface area contributed by atoms with Crippen LogP contribution in [-0.2, 0) is 0 Å². The Labute approximate surface area is 337 Å². The van der Waals surface area contributed by atoms with Gasteiger partial charge in [0.1, 0.15) is 11.2 Å². The molecule has 272 valence electrons. The summed E-state index contributed by atoms with van der Waals surface area (Å²) in [6.07, 6.45) is 0. The number of anilines is 3. The average Bonchev–Trinajstić information content (AvgIpc) is 3.70. The van der Waals surface area contributed by atoms with Crippen molar-refractivity contribution in [1.82, 2.24) is 0 Å². The molecule has 0 aliphatic rings. The third kappa shape index (κ3) is 5.91. The second-order valence-corrected chi connectivity index (χ2v) is 14.9. The van der Waals surface area contributed by atoms with E-state index >= 15 is 0 Å². The van der Waals surface area contributed by atoms with Crippen LogP contribution >= 0.6 is 0 Å². The van der Waals surface area contributed by atoms with Gasteiger partial charge in [0.25, 0.3) is 0 Å². The van der Waals surface area contributed by atoms with Crippen LogP contribution in [0.4, 0.5) is 17.1 Å². The van der Waals surface area contributed by atoms with Gasteiger partial charge in [0.05, 0.1) is 5.69 Å². The summed E-state index contributed by atoms with van der Waals surface area (Å²) < 4.78 is 6.54. The summed E-state index contributed by atoms with van der Waals surface area (Å²) in [5.41, 5.74) is 14.6. The first-order valence-corrected chi connectivity index (χ1v) is 19.8. The average molecular weight is 740 g/mol. The first-order chi connectivity index (χ1) is 28.7. The van der Waals surface area contributed by atoms with Crippen LogP contribution < -0.4 is 4.90 Å². The lowest BCUT2D eigenvalue weighted by Crippen LogP contribution is -2.10. The molecule has 0 aliphatic carbocycles. The molecular weight excluding hydrogens is 703 g/mol. The summed E-state index contributed by atoms with van der Waals surface area (Å²) in [5.74, 6) is 0. The first kappa shape index (κ1) is 33.6. The molecule has 1 aromatic heterocycles. The van der Waals surface area contributed by atoms with Crippen LogP contribution in [0, 0.1) is 0 Å². The molecule has 11 rings (SSSR count). The minimum atomic E-state index is 0.899. The van der Waals surface area contributed by atoms with Crippen molar-refractivity contribution in [2.45, 2.75) is 0 Å². The Kier molecular flexibility index (Phi) is 8.19. The molecular formula is C56H37NO. The molecule has 0 spiro atoms. The Morgan fingerprint density at radius 2 is 0.810 bits per heavy atom. The third-order valence-corrected chi connectivity index (χ3v) is 11.4. The monoisotopic (exact) mass is 739 g/mol. The van der Waals surface area contributed by atoms with E-state index in [-0.39, 0.29) is 0 Å². The van der Waals surface area contributed by atoms with E-state index in [0.29, 0.717) is 0 Å². The zero-order valence-corrected chi connectivity index (χ0v) is 31.7. The zero-order valence-electron chi connectivity index (χ0n) is 31.7. The Hall–Kier alpha value is -7.68. The summed E-state index contributed by atoms with van der Waals surface area (Å²) in [6, 6.07) is 80.7. The van der Waals surface area contributed by atoms with E-state index in [4.69, 9.17) is 4.42 Å². The second-order valence-electron chi connectivity index (χ2n) is 14.9. The van der Waals surface area contributed by atoms with E-state index < -0.39 is 0 Å². The quantitative estimate of drug-likeness (QED) is 0.162. The molecule has 11 aromatic rings. The highest BCUT2D eigenvalue weighted by Crippen LogP contribution is 2.43. The van der Waals surface area contributed by atoms with E-state index in [1.165, 1.54) is 49.5 Å². The van der Waals surface area contributed by atoms with Crippen molar-refractivity contribution >= 4 is 60.5 Å². The van der Waals surface area contributed by atoms with E-state index in [1.807, 2.05) is 0 Å². The lowest BCUT2D eigenvalue weighted by atomic mass is 9.93. The van der Waals surface area contributed by atoms with Crippen LogP contribution in [0.3, 0.4) is 0 Å². The van der Waals surface area contributed by atoms with Gasteiger partial charge in [-0.1, -0.05) is 164 Å². The van der Waals surface area contributed by atoms with Gasteiger partial charge < -0.3 is 9.32 Å². The van der Waals surface area contributed by atoms with E-state index in [9.17, 15) is 0 Å². The van der Waals surface area contributed by atoms with Gasteiger partial charge >= 0.3 is 0 Å². The zero-order chi connectivity index (χ0) is 38.4. The fraction of sp³-hybridized carbons (Fsp3) is 0. The summed E-state index contributed by atoms with van der Waals surface area (Å²) in [6.45, 7) is 0. The van der Waals surface area contributed by atoms with Gasteiger partial charge in [-0.2, -0.15) is 0 Å². The molecule has 0 bridgehead atoms. The number of fused-ring (bicyclic) bond motifs is 6. The van der Waals surface area contributed by atoms with Gasteiger partial charge in [0.15, 0.2) is 0 Å². The van der Waals surface area contributed by atoms with Crippen LogP contribution in [0.1, 0.15) is 0 Å². The van der Waals surface area contributed by atoms with Crippen molar-refractivity contribution in [3.05, 3.63) is 224 Å². The van der Waals surface area contributed by atoms with Gasteiger partial charge in [-0.25, -0.2) is 0 Å². The summed E-state index contributed by atoms with van der Waals surface area (Å²) >= 11 is 0. The van der Waals surface area contributed by atoms with Crippen LogP contribution in [0.15, 0.2) is 229 Å². The molecule has 2 heteroatoms. The lowest BCUT2D eigenvalue weighted by molar-refractivity contribution is 0.673. The lowest BCUT2D eigenvalue weighted by Gasteiger charge is -2.27. The third-order valence-electron chi connectivity index (χ3n) is 11.4. The Bertz CT molecular complexity index is 3190. The largest absolute Gasteiger partial charge is 0.455 e. The number of hydrogen-bond donors (Lipinski definition) is 0. The minimum Gasteiger partial charge on any atom is -0.455 e. The topological polar surface area (TPSA) is 16.4 Å². The number of nitrogens with zero attached hydrogens (tertiary/aromatic N) is 1. The normalized spacial score (nSPS) is 11.4. The molecule has 0 fully saturated rings. The van der Waals surface area contributed by atoms with Crippen molar-refractivity contribution in [2.24, 2.45) is 0 Å². The van der Waals surface area contributed by atoms with Crippen LogP contribution in [0.25, 0.3) is 88.0 Å². The smallest absolute Gasteiger partial charge is 0.143 e. The van der Waals surface area contributed by atoms with E-state index in [2.05, 4.69) is 229 Å². The number of rotatable bonds is 7. The maximum absolute atomic E-state index is 6.54. The molecule has 58 heavy (non-hydrogen) atoms. The van der Waals surface area contributed by atoms with Gasteiger partial charge in [0.2, 0.25) is 0 Å². The molecule has 0 saturated carbocycles. The molecule has 10 aromatic carbocycles. The highest BCUT2D eigenvalue weighted by molar-refractivity contribution is 6.19. The number of furan rings is 1. The van der Waals surface area contributed by atoms with E-state index in [1.54, 1.807) is 0 Å². The molecule has 1 heterocycles. The highest BCUT2D eigenvalue weighted by atomic mass is 16.3. The van der Waals surface area contributed by atoms with Crippen molar-refractivity contribution in [1.29, 1.82) is 0 Å². The van der Waals surface area contributed by atoms with Crippen LogP contribution in [-0.4, -0.2) is 0 Å². The fourth-order valence-corrected chi connectivity index (χ4v) is 8.61.